The van der Waals surface area contributed by atoms with Gasteiger partial charge in [-0.25, -0.2) is 4.99 Å². The van der Waals surface area contributed by atoms with Gasteiger partial charge in [-0.15, -0.1) is 34.2 Å². The highest BCUT2D eigenvalue weighted by molar-refractivity contribution is 14.0. The number of guanidine groups is 1. The van der Waals surface area contributed by atoms with Crippen molar-refractivity contribution < 1.29 is 9.47 Å². The second-order valence-electron chi connectivity index (χ2n) is 6.43. The summed E-state index contributed by atoms with van der Waals surface area (Å²) in [5.41, 5.74) is 1.89. The fourth-order valence-corrected chi connectivity index (χ4v) is 2.99. The summed E-state index contributed by atoms with van der Waals surface area (Å²) in [6.45, 7) is 5.24. The van der Waals surface area contributed by atoms with Gasteiger partial charge >= 0.3 is 0 Å². The Labute approximate surface area is 186 Å². The number of ether oxygens (including phenoxy) is 2. The monoisotopic (exact) mass is 508 g/mol. The maximum Gasteiger partial charge on any atom is 0.191 e. The number of rotatable bonds is 5. The number of nitrogens with zero attached hydrogens (tertiary/aromatic N) is 4. The van der Waals surface area contributed by atoms with Crippen LogP contribution in [-0.2, 0) is 13.1 Å². The summed E-state index contributed by atoms with van der Waals surface area (Å²) in [4.78, 5) is 4.68. The van der Waals surface area contributed by atoms with E-state index >= 15 is 0 Å². The van der Waals surface area contributed by atoms with Crippen molar-refractivity contribution in [2.75, 3.05) is 19.8 Å². The smallest absolute Gasteiger partial charge is 0.191 e. The predicted molar refractivity (Wildman–Crippen MR) is 122 cm³/mol. The molecule has 3 heterocycles. The first-order chi connectivity index (χ1) is 13.8. The SMILES string of the molecule is CCNC(=NCc1ccc2c(c1)OCCCO2)NCc1nnc2ccccn12.I. The van der Waals surface area contributed by atoms with Gasteiger partial charge in [0.2, 0.25) is 0 Å². The molecule has 0 aliphatic carbocycles. The minimum Gasteiger partial charge on any atom is -0.490 e. The molecule has 1 aliphatic heterocycles. The van der Waals surface area contributed by atoms with Gasteiger partial charge in [-0.05, 0) is 36.8 Å². The van der Waals surface area contributed by atoms with Gasteiger partial charge in [0.05, 0.1) is 26.3 Å². The van der Waals surface area contributed by atoms with Gasteiger partial charge in [-0.2, -0.15) is 0 Å². The number of aliphatic imine (C=N–C) groups is 1. The zero-order chi connectivity index (χ0) is 19.2. The molecule has 154 valence electrons. The molecule has 2 N–H and O–H groups in total. The van der Waals surface area contributed by atoms with Crippen LogP contribution in [0.1, 0.15) is 24.7 Å². The summed E-state index contributed by atoms with van der Waals surface area (Å²) in [6.07, 6.45) is 2.85. The van der Waals surface area contributed by atoms with Crippen molar-refractivity contribution in [3.63, 3.8) is 0 Å². The Morgan fingerprint density at radius 3 is 2.83 bits per heavy atom. The average Bonchev–Trinajstić information content (AvgIpc) is 2.99. The molecule has 8 nitrogen and oxygen atoms in total. The molecule has 9 heteroatoms. The number of aromatic nitrogens is 3. The summed E-state index contributed by atoms with van der Waals surface area (Å²) in [6, 6.07) is 11.8. The maximum absolute atomic E-state index is 5.76. The molecule has 3 aromatic rings. The van der Waals surface area contributed by atoms with E-state index in [1.54, 1.807) is 0 Å². The number of halogens is 1. The highest BCUT2D eigenvalue weighted by atomic mass is 127. The topological polar surface area (TPSA) is 85.1 Å². The number of hydrogen-bond donors (Lipinski definition) is 2. The summed E-state index contributed by atoms with van der Waals surface area (Å²) in [5.74, 6) is 3.14. The first-order valence-corrected chi connectivity index (χ1v) is 9.53. The molecular weight excluding hydrogens is 483 g/mol. The lowest BCUT2D eigenvalue weighted by molar-refractivity contribution is 0.297. The Bertz CT molecular complexity index is 975. The molecule has 0 radical (unpaired) electrons. The highest BCUT2D eigenvalue weighted by Gasteiger charge is 2.11. The summed E-state index contributed by atoms with van der Waals surface area (Å²) < 4.78 is 13.4. The number of benzene rings is 1. The van der Waals surface area contributed by atoms with Crippen LogP contribution in [0.3, 0.4) is 0 Å². The molecular formula is C20H25IN6O2. The van der Waals surface area contributed by atoms with E-state index in [4.69, 9.17) is 9.47 Å². The standard InChI is InChI=1S/C20H24N6O2.HI/c1-2-21-20(23-14-19-25-24-18-6-3-4-9-26(18)19)22-13-15-7-8-16-17(12-15)28-11-5-10-27-16;/h3-4,6-9,12H,2,5,10-11,13-14H2,1H3,(H2,21,22,23);1H. The zero-order valence-electron chi connectivity index (χ0n) is 16.3. The number of hydrogen-bond acceptors (Lipinski definition) is 5. The van der Waals surface area contributed by atoms with Crippen LogP contribution in [0, 0.1) is 0 Å². The highest BCUT2D eigenvalue weighted by Crippen LogP contribution is 2.30. The average molecular weight is 508 g/mol. The zero-order valence-corrected chi connectivity index (χ0v) is 18.6. The molecule has 0 atom stereocenters. The fourth-order valence-electron chi connectivity index (χ4n) is 2.99. The van der Waals surface area contributed by atoms with Crippen molar-refractivity contribution in [1.29, 1.82) is 0 Å². The summed E-state index contributed by atoms with van der Waals surface area (Å²) in [7, 11) is 0. The van der Waals surface area contributed by atoms with Gasteiger partial charge in [-0.1, -0.05) is 12.1 Å². The van der Waals surface area contributed by atoms with Crippen molar-refractivity contribution in [1.82, 2.24) is 25.2 Å². The summed E-state index contributed by atoms with van der Waals surface area (Å²) in [5, 5.41) is 15.0. The van der Waals surface area contributed by atoms with E-state index in [1.807, 2.05) is 53.9 Å². The Morgan fingerprint density at radius 1 is 1.10 bits per heavy atom. The molecule has 0 saturated carbocycles. The Morgan fingerprint density at radius 2 is 1.97 bits per heavy atom. The Hall–Kier alpha value is -2.56. The van der Waals surface area contributed by atoms with Crippen LogP contribution >= 0.6 is 24.0 Å². The quantitative estimate of drug-likeness (QED) is 0.313. The first-order valence-electron chi connectivity index (χ1n) is 9.53. The molecule has 29 heavy (non-hydrogen) atoms. The van der Waals surface area contributed by atoms with E-state index in [1.165, 1.54) is 0 Å². The molecule has 0 bridgehead atoms. The number of pyridine rings is 1. The largest absolute Gasteiger partial charge is 0.490 e. The molecule has 4 rings (SSSR count). The van der Waals surface area contributed by atoms with Gasteiger partial charge in [0.1, 0.15) is 0 Å². The third-order valence-electron chi connectivity index (χ3n) is 4.37. The Balaban J connectivity index is 0.00000240. The lowest BCUT2D eigenvalue weighted by Crippen LogP contribution is -2.37. The minimum atomic E-state index is 0. The van der Waals surface area contributed by atoms with Crippen LogP contribution in [0.15, 0.2) is 47.6 Å². The number of fused-ring (bicyclic) bond motifs is 2. The van der Waals surface area contributed by atoms with E-state index in [9.17, 15) is 0 Å². The molecule has 2 aromatic heterocycles. The molecule has 0 spiro atoms. The third-order valence-corrected chi connectivity index (χ3v) is 4.37. The molecule has 0 unspecified atom stereocenters. The second-order valence-corrected chi connectivity index (χ2v) is 6.43. The minimum absolute atomic E-state index is 0. The van der Waals surface area contributed by atoms with E-state index < -0.39 is 0 Å². The van der Waals surface area contributed by atoms with E-state index in [2.05, 4.69) is 25.8 Å². The molecule has 0 amide bonds. The van der Waals surface area contributed by atoms with E-state index in [-0.39, 0.29) is 24.0 Å². The normalized spacial score (nSPS) is 13.5. The lowest BCUT2D eigenvalue weighted by atomic mass is 10.2. The van der Waals surface area contributed by atoms with E-state index in [0.717, 1.165) is 47.5 Å². The van der Waals surface area contributed by atoms with Crippen molar-refractivity contribution in [3.8, 4) is 11.5 Å². The van der Waals surface area contributed by atoms with Crippen molar-refractivity contribution >= 4 is 35.6 Å². The van der Waals surface area contributed by atoms with Crippen molar-refractivity contribution in [3.05, 3.63) is 54.0 Å². The van der Waals surface area contributed by atoms with Gasteiger partial charge in [0.25, 0.3) is 0 Å². The van der Waals surface area contributed by atoms with Crippen LogP contribution in [0.4, 0.5) is 0 Å². The van der Waals surface area contributed by atoms with Crippen LogP contribution in [-0.4, -0.2) is 40.3 Å². The predicted octanol–water partition coefficient (Wildman–Crippen LogP) is 2.76. The summed E-state index contributed by atoms with van der Waals surface area (Å²) >= 11 is 0. The molecule has 1 aromatic carbocycles. The second kappa shape index (κ2) is 10.3. The van der Waals surface area contributed by atoms with Gasteiger partial charge in [0.15, 0.2) is 28.9 Å². The molecule has 0 fully saturated rings. The first kappa shape index (κ1) is 21.2. The van der Waals surface area contributed by atoms with Crippen LogP contribution in [0.25, 0.3) is 5.65 Å². The third kappa shape index (κ3) is 5.28. The van der Waals surface area contributed by atoms with Gasteiger partial charge < -0.3 is 20.1 Å². The van der Waals surface area contributed by atoms with Crippen LogP contribution in [0.2, 0.25) is 0 Å². The molecule has 0 saturated heterocycles. The molecule has 1 aliphatic rings. The van der Waals surface area contributed by atoms with Crippen molar-refractivity contribution in [2.45, 2.75) is 26.4 Å². The lowest BCUT2D eigenvalue weighted by Gasteiger charge is -2.11. The van der Waals surface area contributed by atoms with Gasteiger partial charge in [-0.3, -0.25) is 4.40 Å². The Kier molecular flexibility index (Phi) is 7.50. The number of nitrogens with one attached hydrogen (secondary N) is 2. The fraction of sp³-hybridized carbons (Fsp3) is 0.350. The van der Waals surface area contributed by atoms with Crippen molar-refractivity contribution in [2.24, 2.45) is 4.99 Å². The van der Waals surface area contributed by atoms with Crippen LogP contribution < -0.4 is 20.1 Å². The maximum atomic E-state index is 5.76. The van der Waals surface area contributed by atoms with Crippen LogP contribution in [0.5, 0.6) is 11.5 Å². The van der Waals surface area contributed by atoms with Gasteiger partial charge in [0, 0.05) is 19.2 Å². The van der Waals surface area contributed by atoms with E-state index in [0.29, 0.717) is 26.3 Å².